The van der Waals surface area contributed by atoms with Crippen LogP contribution in [0.25, 0.3) is 0 Å². The lowest BCUT2D eigenvalue weighted by Gasteiger charge is -2.28. The predicted molar refractivity (Wildman–Crippen MR) is 227 cm³/mol. The van der Waals surface area contributed by atoms with Crippen molar-refractivity contribution in [3.63, 3.8) is 0 Å². The van der Waals surface area contributed by atoms with Crippen LogP contribution in [-0.2, 0) is 27.9 Å². The molecular formula is C45H88NO7P. The Labute approximate surface area is 334 Å². The highest BCUT2D eigenvalue weighted by atomic mass is 31.2. The van der Waals surface area contributed by atoms with Gasteiger partial charge >= 0.3 is 5.97 Å². The van der Waals surface area contributed by atoms with Crippen LogP contribution >= 0.6 is 7.82 Å². The number of carbonyl (C=O) groups is 1. The van der Waals surface area contributed by atoms with E-state index in [4.69, 9.17) is 18.5 Å². The molecule has 0 amide bonds. The largest absolute Gasteiger partial charge is 0.756 e. The quantitative estimate of drug-likeness (QED) is 0.0200. The number of ether oxygens (including phenoxy) is 2. The molecule has 0 fully saturated rings. The van der Waals surface area contributed by atoms with Gasteiger partial charge in [-0.2, -0.15) is 0 Å². The van der Waals surface area contributed by atoms with Crippen LogP contribution in [0.5, 0.6) is 0 Å². The van der Waals surface area contributed by atoms with E-state index in [1.54, 1.807) is 0 Å². The van der Waals surface area contributed by atoms with Crippen molar-refractivity contribution < 1.29 is 37.3 Å². The van der Waals surface area contributed by atoms with Crippen molar-refractivity contribution in [2.45, 2.75) is 206 Å². The molecule has 0 aromatic carbocycles. The van der Waals surface area contributed by atoms with Gasteiger partial charge in [-0.25, -0.2) is 0 Å². The Morgan fingerprint density at radius 2 is 1.02 bits per heavy atom. The van der Waals surface area contributed by atoms with Crippen LogP contribution in [0.15, 0.2) is 24.3 Å². The number of phosphoric acid groups is 1. The van der Waals surface area contributed by atoms with Gasteiger partial charge in [0.15, 0.2) is 0 Å². The minimum atomic E-state index is -4.52. The Hall–Kier alpha value is -1.02. The van der Waals surface area contributed by atoms with Crippen molar-refractivity contribution in [3.05, 3.63) is 24.3 Å². The van der Waals surface area contributed by atoms with Crippen LogP contribution in [-0.4, -0.2) is 70.7 Å². The second kappa shape index (κ2) is 38.8. The molecule has 8 nitrogen and oxygen atoms in total. The van der Waals surface area contributed by atoms with Crippen molar-refractivity contribution in [2.24, 2.45) is 0 Å². The molecule has 0 radical (unpaired) electrons. The van der Waals surface area contributed by atoms with Crippen LogP contribution in [0.3, 0.4) is 0 Å². The number of quaternary nitrogens is 1. The number of likely N-dealkylation sites (N-methyl/N-ethyl adjacent to an activating group) is 1. The molecule has 54 heavy (non-hydrogen) atoms. The molecule has 0 aliphatic carbocycles. The number of rotatable bonds is 42. The zero-order chi connectivity index (χ0) is 39.9. The van der Waals surface area contributed by atoms with Crippen molar-refractivity contribution in [3.8, 4) is 0 Å². The van der Waals surface area contributed by atoms with E-state index in [9.17, 15) is 14.3 Å². The van der Waals surface area contributed by atoms with Gasteiger partial charge in [0.2, 0.25) is 0 Å². The molecular weight excluding hydrogens is 697 g/mol. The van der Waals surface area contributed by atoms with Gasteiger partial charge in [-0.05, 0) is 44.9 Å². The first-order valence-electron chi connectivity index (χ1n) is 22.6. The minimum Gasteiger partial charge on any atom is -0.756 e. The molecule has 0 aliphatic heterocycles. The molecule has 0 aliphatic rings. The van der Waals surface area contributed by atoms with Crippen LogP contribution in [0.1, 0.15) is 200 Å². The monoisotopic (exact) mass is 786 g/mol. The Morgan fingerprint density at radius 1 is 0.574 bits per heavy atom. The van der Waals surface area contributed by atoms with Crippen LogP contribution in [0.2, 0.25) is 0 Å². The fourth-order valence-corrected chi connectivity index (χ4v) is 6.95. The maximum atomic E-state index is 12.7. The second-order valence-electron chi connectivity index (χ2n) is 16.4. The van der Waals surface area contributed by atoms with Crippen LogP contribution < -0.4 is 4.89 Å². The minimum absolute atomic E-state index is 0.0276. The summed E-state index contributed by atoms with van der Waals surface area (Å²) in [6.45, 7) is 5.41. The van der Waals surface area contributed by atoms with E-state index in [1.165, 1.54) is 141 Å². The standard InChI is InChI=1S/C45H88NO7P/c1-6-8-10-12-14-16-17-18-19-20-21-22-23-24-25-26-27-28-29-30-32-34-36-38-45(47)53-44(43-52-54(48,49)51-41-39-46(3,4)5)42-50-40-37-35-33-31-15-13-11-9-7-2/h17-18,20-21,44H,6-16,19,22-43H2,1-5H3/b18-17-,21-20-. The van der Waals surface area contributed by atoms with Gasteiger partial charge in [-0.3, -0.25) is 9.36 Å². The normalized spacial score (nSPS) is 14.0. The first-order chi connectivity index (χ1) is 26.1. The highest BCUT2D eigenvalue weighted by Crippen LogP contribution is 2.38. The summed E-state index contributed by atoms with van der Waals surface area (Å²) >= 11 is 0. The van der Waals surface area contributed by atoms with Crippen LogP contribution in [0.4, 0.5) is 0 Å². The number of hydrogen-bond acceptors (Lipinski definition) is 7. The summed E-state index contributed by atoms with van der Waals surface area (Å²) in [4.78, 5) is 25.0. The van der Waals surface area contributed by atoms with Crippen LogP contribution in [0, 0.1) is 0 Å². The molecule has 0 rings (SSSR count). The Kier molecular flexibility index (Phi) is 38.1. The zero-order valence-electron chi connectivity index (χ0n) is 36.2. The number of allylic oxidation sites excluding steroid dienone is 4. The first kappa shape index (κ1) is 53.0. The molecule has 2 unspecified atom stereocenters. The SMILES string of the molecule is CCCCCCC/C=C\C/C=C\CCCCCCCCCCCCCC(=O)OC(COCCCCCCCCCCC)COP(=O)([O-])OCC[N+](C)(C)C. The average Bonchev–Trinajstić information content (AvgIpc) is 3.12. The molecule has 0 heterocycles. The van der Waals surface area contributed by atoms with E-state index in [1.807, 2.05) is 21.1 Å². The van der Waals surface area contributed by atoms with Gasteiger partial charge in [0.1, 0.15) is 19.3 Å². The smallest absolute Gasteiger partial charge is 0.306 e. The van der Waals surface area contributed by atoms with Crippen molar-refractivity contribution in [2.75, 3.05) is 54.1 Å². The van der Waals surface area contributed by atoms with Gasteiger partial charge in [-0.15, -0.1) is 0 Å². The molecule has 0 aromatic rings. The molecule has 9 heteroatoms. The summed E-state index contributed by atoms with van der Waals surface area (Å²) in [5.74, 6) is -0.335. The third-order valence-electron chi connectivity index (χ3n) is 9.76. The molecule has 0 aromatic heterocycles. The lowest BCUT2D eigenvalue weighted by atomic mass is 10.0. The molecule has 0 saturated carbocycles. The molecule has 0 bridgehead atoms. The number of nitrogens with zero attached hydrogens (tertiary/aromatic N) is 1. The summed E-state index contributed by atoms with van der Waals surface area (Å²) in [5, 5.41) is 0. The van der Waals surface area contributed by atoms with E-state index < -0.39 is 13.9 Å². The van der Waals surface area contributed by atoms with Gasteiger partial charge in [-0.1, -0.05) is 173 Å². The maximum Gasteiger partial charge on any atom is 0.306 e. The number of phosphoric ester groups is 1. The second-order valence-corrected chi connectivity index (χ2v) is 17.8. The van der Waals surface area contributed by atoms with Gasteiger partial charge in [0.05, 0.1) is 34.4 Å². The lowest BCUT2D eigenvalue weighted by Crippen LogP contribution is -2.37. The third-order valence-corrected chi connectivity index (χ3v) is 10.7. The molecule has 0 saturated heterocycles. The Morgan fingerprint density at radius 3 is 1.50 bits per heavy atom. The van der Waals surface area contributed by atoms with Crippen molar-refractivity contribution in [1.29, 1.82) is 0 Å². The molecule has 2 atom stereocenters. The fourth-order valence-electron chi connectivity index (χ4n) is 6.22. The van der Waals surface area contributed by atoms with E-state index in [-0.39, 0.29) is 25.8 Å². The number of hydrogen-bond donors (Lipinski definition) is 0. The van der Waals surface area contributed by atoms with Crippen molar-refractivity contribution in [1.82, 2.24) is 0 Å². The van der Waals surface area contributed by atoms with Crippen molar-refractivity contribution >= 4 is 13.8 Å². The van der Waals surface area contributed by atoms with Gasteiger partial charge in [0, 0.05) is 13.0 Å². The summed E-state index contributed by atoms with van der Waals surface area (Å²) < 4.78 is 34.5. The zero-order valence-corrected chi connectivity index (χ0v) is 37.1. The third kappa shape index (κ3) is 42.1. The molecule has 0 N–H and O–H groups in total. The fraction of sp³-hybridized carbons (Fsp3) is 0.889. The summed E-state index contributed by atoms with van der Waals surface area (Å²) in [7, 11) is 1.36. The summed E-state index contributed by atoms with van der Waals surface area (Å²) in [6.07, 6.45) is 43.4. The maximum absolute atomic E-state index is 12.7. The highest BCUT2D eigenvalue weighted by molar-refractivity contribution is 7.45. The van der Waals surface area contributed by atoms with E-state index in [0.717, 1.165) is 38.5 Å². The summed E-state index contributed by atoms with van der Waals surface area (Å²) in [6, 6.07) is 0. The van der Waals surface area contributed by atoms with Gasteiger partial charge < -0.3 is 27.9 Å². The molecule has 0 spiro atoms. The number of esters is 1. The first-order valence-corrected chi connectivity index (χ1v) is 24.0. The summed E-state index contributed by atoms with van der Waals surface area (Å²) in [5.41, 5.74) is 0. The Balaban J connectivity index is 4.07. The lowest BCUT2D eigenvalue weighted by molar-refractivity contribution is -0.870. The van der Waals surface area contributed by atoms with E-state index in [2.05, 4.69) is 38.2 Å². The topological polar surface area (TPSA) is 94.1 Å². The number of carbonyl (C=O) groups excluding carboxylic acids is 1. The molecule has 320 valence electrons. The highest BCUT2D eigenvalue weighted by Gasteiger charge is 2.20. The number of unbranched alkanes of at least 4 members (excludes halogenated alkanes) is 24. The van der Waals surface area contributed by atoms with E-state index in [0.29, 0.717) is 24.1 Å². The van der Waals surface area contributed by atoms with E-state index >= 15 is 0 Å². The van der Waals surface area contributed by atoms with Gasteiger partial charge in [0.25, 0.3) is 7.82 Å². The predicted octanol–water partition coefficient (Wildman–Crippen LogP) is 12.6. The Bertz CT molecular complexity index is 920. The average molecular weight is 786 g/mol.